The number of methoxy groups -OCH3 is 1. The summed E-state index contributed by atoms with van der Waals surface area (Å²) in [5.41, 5.74) is 2.87. The molecule has 0 aliphatic carbocycles. The summed E-state index contributed by atoms with van der Waals surface area (Å²) in [6.45, 7) is 7.04. The Morgan fingerprint density at radius 1 is 1.17 bits per heavy atom. The summed E-state index contributed by atoms with van der Waals surface area (Å²) in [6, 6.07) is 12.4. The van der Waals surface area contributed by atoms with Gasteiger partial charge in [-0.2, -0.15) is 0 Å². The van der Waals surface area contributed by atoms with Crippen molar-refractivity contribution in [3.05, 3.63) is 36.4 Å². The van der Waals surface area contributed by atoms with Crippen LogP contribution in [0.1, 0.15) is 26.7 Å². The molecule has 0 spiro atoms. The summed E-state index contributed by atoms with van der Waals surface area (Å²) in [6.07, 6.45) is 0.811. The van der Waals surface area contributed by atoms with Crippen molar-refractivity contribution in [1.29, 1.82) is 0 Å². The number of alkyl halides is 1. The maximum atomic E-state index is 13.3. The summed E-state index contributed by atoms with van der Waals surface area (Å²) in [4.78, 5) is 7.01. The fourth-order valence-corrected chi connectivity index (χ4v) is 4.07. The molecule has 2 aromatic carbocycles. The van der Waals surface area contributed by atoms with E-state index in [0.717, 1.165) is 47.0 Å². The van der Waals surface area contributed by atoms with Crippen molar-refractivity contribution >= 4 is 27.5 Å². The normalized spacial score (nSPS) is 17.2. The number of pyridine rings is 1. The van der Waals surface area contributed by atoms with Crippen LogP contribution in [0.4, 0.5) is 10.1 Å². The Hall–Kier alpha value is -2.60. The van der Waals surface area contributed by atoms with Gasteiger partial charge in [-0.3, -0.25) is 0 Å². The average Bonchev–Trinajstić information content (AvgIpc) is 3.15. The Balaban J connectivity index is 1.60. The number of hydrogen-bond donors (Lipinski definition) is 1. The zero-order valence-electron chi connectivity index (χ0n) is 18.0. The van der Waals surface area contributed by atoms with E-state index in [2.05, 4.69) is 30.1 Å². The van der Waals surface area contributed by atoms with Crippen molar-refractivity contribution in [3.8, 4) is 11.5 Å². The van der Waals surface area contributed by atoms with Gasteiger partial charge in [-0.1, -0.05) is 18.2 Å². The van der Waals surface area contributed by atoms with Crippen LogP contribution in [-0.4, -0.2) is 55.4 Å². The molecule has 6 heteroatoms. The van der Waals surface area contributed by atoms with Crippen molar-refractivity contribution in [1.82, 2.24) is 9.88 Å². The van der Waals surface area contributed by atoms with Crippen molar-refractivity contribution in [2.45, 2.75) is 38.9 Å². The molecular weight excluding hydrogens is 381 g/mol. The summed E-state index contributed by atoms with van der Waals surface area (Å²) in [5.74, 6) is 1.38. The molecule has 3 aromatic rings. The molecule has 160 valence electrons. The maximum Gasteiger partial charge on any atom is 0.163 e. The van der Waals surface area contributed by atoms with E-state index in [1.165, 1.54) is 0 Å². The average molecular weight is 412 g/mol. The zero-order valence-corrected chi connectivity index (χ0v) is 18.0. The van der Waals surface area contributed by atoms with Crippen LogP contribution in [0, 0.1) is 0 Å². The molecule has 0 saturated carbocycles. The first-order valence-corrected chi connectivity index (χ1v) is 10.7. The number of nitrogens with zero attached hydrogens (tertiary/aromatic N) is 2. The molecule has 1 atom stereocenters. The van der Waals surface area contributed by atoms with Crippen LogP contribution in [0.2, 0.25) is 0 Å². The fourth-order valence-electron chi connectivity index (χ4n) is 4.07. The Bertz CT molecular complexity index is 1020. The Labute approximate surface area is 177 Å². The quantitative estimate of drug-likeness (QED) is 0.416. The van der Waals surface area contributed by atoms with Crippen LogP contribution in [0.15, 0.2) is 36.4 Å². The summed E-state index contributed by atoms with van der Waals surface area (Å²) in [5, 5.41) is 5.68. The first-order chi connectivity index (χ1) is 14.5. The number of anilines is 1. The highest BCUT2D eigenvalue weighted by Gasteiger charge is 2.21. The SMILES string of the molecule is COc1cc2c(NC(C)C)c3ccccc3nc2cc1OCCCN1CC[C@@H](F)C1. The topological polar surface area (TPSA) is 46.6 Å². The lowest BCUT2D eigenvalue weighted by molar-refractivity contribution is 0.243. The van der Waals surface area contributed by atoms with Crippen LogP contribution >= 0.6 is 0 Å². The Morgan fingerprint density at radius 2 is 2.00 bits per heavy atom. The Morgan fingerprint density at radius 3 is 2.73 bits per heavy atom. The second-order valence-electron chi connectivity index (χ2n) is 8.21. The van der Waals surface area contributed by atoms with E-state index >= 15 is 0 Å². The molecule has 4 rings (SSSR count). The highest BCUT2D eigenvalue weighted by molar-refractivity contribution is 6.08. The van der Waals surface area contributed by atoms with Crippen LogP contribution in [0.5, 0.6) is 11.5 Å². The molecule has 5 nitrogen and oxygen atoms in total. The van der Waals surface area contributed by atoms with E-state index < -0.39 is 6.17 Å². The predicted octanol–water partition coefficient (Wildman–Crippen LogP) is 5.03. The lowest BCUT2D eigenvalue weighted by Gasteiger charge is -2.18. The van der Waals surface area contributed by atoms with Crippen LogP contribution in [-0.2, 0) is 0 Å². The molecule has 1 saturated heterocycles. The summed E-state index contributed by atoms with van der Waals surface area (Å²) >= 11 is 0. The van der Waals surface area contributed by atoms with Crippen LogP contribution < -0.4 is 14.8 Å². The summed E-state index contributed by atoms with van der Waals surface area (Å²) in [7, 11) is 1.66. The van der Waals surface area contributed by atoms with Crippen molar-refractivity contribution in [2.75, 3.05) is 38.7 Å². The molecular formula is C24H30FN3O2. The highest BCUT2D eigenvalue weighted by Crippen LogP contribution is 2.38. The fraction of sp³-hybridized carbons (Fsp3) is 0.458. The number of fused-ring (bicyclic) bond motifs is 2. The van der Waals surface area contributed by atoms with Crippen LogP contribution in [0.3, 0.4) is 0 Å². The van der Waals surface area contributed by atoms with Gasteiger partial charge in [0, 0.05) is 42.5 Å². The van der Waals surface area contributed by atoms with Gasteiger partial charge < -0.3 is 19.7 Å². The number of ether oxygens (including phenoxy) is 2. The van der Waals surface area contributed by atoms with E-state index in [4.69, 9.17) is 14.5 Å². The number of halogens is 1. The molecule has 1 N–H and O–H groups in total. The number of nitrogens with one attached hydrogen (secondary N) is 1. The minimum absolute atomic E-state index is 0.287. The zero-order chi connectivity index (χ0) is 21.1. The second kappa shape index (κ2) is 9.04. The van der Waals surface area contributed by atoms with E-state index in [-0.39, 0.29) is 6.04 Å². The van der Waals surface area contributed by atoms with Gasteiger partial charge in [0.25, 0.3) is 0 Å². The number of benzene rings is 2. The van der Waals surface area contributed by atoms with E-state index in [1.54, 1.807) is 7.11 Å². The number of rotatable bonds is 8. The third-order valence-corrected chi connectivity index (χ3v) is 5.49. The predicted molar refractivity (Wildman–Crippen MR) is 121 cm³/mol. The van der Waals surface area contributed by atoms with E-state index in [1.807, 2.05) is 30.3 Å². The minimum Gasteiger partial charge on any atom is -0.493 e. The third kappa shape index (κ3) is 4.43. The molecule has 1 aromatic heterocycles. The summed E-state index contributed by atoms with van der Waals surface area (Å²) < 4.78 is 25.0. The number of aromatic nitrogens is 1. The van der Waals surface area contributed by atoms with Gasteiger partial charge in [0.05, 0.1) is 30.4 Å². The van der Waals surface area contributed by atoms with Gasteiger partial charge in [0.1, 0.15) is 6.17 Å². The third-order valence-electron chi connectivity index (χ3n) is 5.49. The Kier molecular flexibility index (Phi) is 6.23. The largest absolute Gasteiger partial charge is 0.493 e. The van der Waals surface area contributed by atoms with Gasteiger partial charge in [-0.15, -0.1) is 0 Å². The van der Waals surface area contributed by atoms with Gasteiger partial charge in [0.15, 0.2) is 11.5 Å². The molecule has 1 aliphatic rings. The molecule has 0 amide bonds. The molecule has 0 unspecified atom stereocenters. The smallest absolute Gasteiger partial charge is 0.163 e. The standard InChI is InChI=1S/C24H30FN3O2/c1-16(2)26-24-18-7-4-5-8-20(18)27-21-14-23(22(29-3)13-19(21)24)30-12-6-10-28-11-9-17(25)15-28/h4-5,7-8,13-14,16-17H,6,9-12,15H2,1-3H3,(H,26,27)/t17-/m1/s1. The second-order valence-corrected chi connectivity index (χ2v) is 8.21. The lowest BCUT2D eigenvalue weighted by Crippen LogP contribution is -2.23. The lowest BCUT2D eigenvalue weighted by atomic mass is 10.1. The first-order valence-electron chi connectivity index (χ1n) is 10.7. The van der Waals surface area contributed by atoms with Crippen LogP contribution in [0.25, 0.3) is 21.8 Å². The van der Waals surface area contributed by atoms with E-state index in [0.29, 0.717) is 31.1 Å². The highest BCUT2D eigenvalue weighted by atomic mass is 19.1. The first kappa shape index (κ1) is 20.7. The van der Waals surface area contributed by atoms with Crippen molar-refractivity contribution in [3.63, 3.8) is 0 Å². The molecule has 1 aliphatic heterocycles. The number of para-hydroxylation sites is 1. The van der Waals surface area contributed by atoms with Gasteiger partial charge in [0.2, 0.25) is 0 Å². The molecule has 0 bridgehead atoms. The molecule has 1 fully saturated rings. The van der Waals surface area contributed by atoms with Gasteiger partial charge in [-0.25, -0.2) is 9.37 Å². The number of likely N-dealkylation sites (tertiary alicyclic amines) is 1. The van der Waals surface area contributed by atoms with Gasteiger partial charge >= 0.3 is 0 Å². The monoisotopic (exact) mass is 411 g/mol. The molecule has 2 heterocycles. The molecule has 30 heavy (non-hydrogen) atoms. The maximum absolute atomic E-state index is 13.3. The molecule has 0 radical (unpaired) electrons. The van der Waals surface area contributed by atoms with Gasteiger partial charge in [-0.05, 0) is 38.8 Å². The van der Waals surface area contributed by atoms with Crippen molar-refractivity contribution in [2.24, 2.45) is 0 Å². The minimum atomic E-state index is -0.680. The number of hydrogen-bond acceptors (Lipinski definition) is 5. The van der Waals surface area contributed by atoms with E-state index in [9.17, 15) is 4.39 Å². The van der Waals surface area contributed by atoms with Crippen molar-refractivity contribution < 1.29 is 13.9 Å².